The second-order valence-corrected chi connectivity index (χ2v) is 7.73. The van der Waals surface area contributed by atoms with Crippen LogP contribution >= 0.6 is 0 Å². The van der Waals surface area contributed by atoms with Crippen LogP contribution in [0.4, 0.5) is 0 Å². The maximum atomic E-state index is 11.1. The van der Waals surface area contributed by atoms with E-state index in [-0.39, 0.29) is 11.6 Å². The second kappa shape index (κ2) is 6.79. The Balaban J connectivity index is 2.05. The van der Waals surface area contributed by atoms with Crippen molar-refractivity contribution in [1.29, 1.82) is 0 Å². The molecule has 2 rings (SSSR count). The highest BCUT2D eigenvalue weighted by atomic mass is 16.3. The molecule has 2 heteroatoms. The molecule has 118 valence electrons. The normalized spacial score (nSPS) is 37.4. The van der Waals surface area contributed by atoms with Gasteiger partial charge in [0.05, 0.1) is 6.10 Å². The van der Waals surface area contributed by atoms with Gasteiger partial charge in [-0.1, -0.05) is 33.6 Å². The molecule has 5 unspecified atom stereocenters. The molecule has 1 saturated carbocycles. The lowest BCUT2D eigenvalue weighted by Crippen LogP contribution is -2.58. The van der Waals surface area contributed by atoms with Gasteiger partial charge in [0, 0.05) is 5.54 Å². The Morgan fingerprint density at radius 1 is 1.10 bits per heavy atom. The summed E-state index contributed by atoms with van der Waals surface area (Å²) in [6, 6.07) is 0. The average molecular weight is 281 g/mol. The van der Waals surface area contributed by atoms with E-state index in [2.05, 4.69) is 32.6 Å². The SMILES string of the molecule is CCC(C)(C(O)C1CCC(C)C(C)C1)N1CCCCC1. The van der Waals surface area contributed by atoms with Gasteiger partial charge in [-0.15, -0.1) is 0 Å². The van der Waals surface area contributed by atoms with Gasteiger partial charge in [-0.3, -0.25) is 4.90 Å². The van der Waals surface area contributed by atoms with Crippen molar-refractivity contribution in [2.45, 2.75) is 84.3 Å². The van der Waals surface area contributed by atoms with E-state index in [1.165, 1.54) is 51.6 Å². The van der Waals surface area contributed by atoms with Crippen LogP contribution in [0.5, 0.6) is 0 Å². The molecule has 1 saturated heterocycles. The van der Waals surface area contributed by atoms with Gasteiger partial charge in [0.2, 0.25) is 0 Å². The summed E-state index contributed by atoms with van der Waals surface area (Å²) in [6.45, 7) is 11.7. The number of nitrogens with zero attached hydrogens (tertiary/aromatic N) is 1. The number of aliphatic hydroxyl groups excluding tert-OH is 1. The van der Waals surface area contributed by atoms with Crippen molar-refractivity contribution in [3.05, 3.63) is 0 Å². The molecule has 2 nitrogen and oxygen atoms in total. The Hall–Kier alpha value is -0.0800. The summed E-state index contributed by atoms with van der Waals surface area (Å²) in [4.78, 5) is 2.59. The van der Waals surface area contributed by atoms with E-state index >= 15 is 0 Å². The van der Waals surface area contributed by atoms with Crippen LogP contribution in [0.2, 0.25) is 0 Å². The van der Waals surface area contributed by atoms with Gasteiger partial charge in [0.1, 0.15) is 0 Å². The van der Waals surface area contributed by atoms with Crippen LogP contribution in [0, 0.1) is 17.8 Å². The second-order valence-electron chi connectivity index (χ2n) is 7.73. The van der Waals surface area contributed by atoms with Gasteiger partial charge >= 0.3 is 0 Å². The van der Waals surface area contributed by atoms with E-state index in [1.807, 2.05) is 0 Å². The summed E-state index contributed by atoms with van der Waals surface area (Å²) in [5.41, 5.74) is -0.00855. The van der Waals surface area contributed by atoms with E-state index < -0.39 is 0 Å². The predicted octanol–water partition coefficient (Wildman–Crippen LogP) is 4.07. The van der Waals surface area contributed by atoms with Crippen LogP contribution in [0.25, 0.3) is 0 Å². The third-order valence-corrected chi connectivity index (χ3v) is 6.52. The Morgan fingerprint density at radius 3 is 2.30 bits per heavy atom. The molecule has 0 spiro atoms. The topological polar surface area (TPSA) is 23.5 Å². The molecule has 1 aliphatic heterocycles. The smallest absolute Gasteiger partial charge is 0.0749 e. The van der Waals surface area contributed by atoms with Gasteiger partial charge in [-0.25, -0.2) is 0 Å². The third kappa shape index (κ3) is 3.22. The Kier molecular flexibility index (Phi) is 5.53. The molecule has 20 heavy (non-hydrogen) atoms. The van der Waals surface area contributed by atoms with Crippen molar-refractivity contribution in [2.24, 2.45) is 17.8 Å². The lowest BCUT2D eigenvalue weighted by atomic mass is 9.69. The number of likely N-dealkylation sites (tertiary alicyclic amines) is 1. The highest BCUT2D eigenvalue weighted by molar-refractivity contribution is 4.97. The summed E-state index contributed by atoms with van der Waals surface area (Å²) in [5.74, 6) is 2.11. The Labute approximate surface area is 125 Å². The summed E-state index contributed by atoms with van der Waals surface area (Å²) >= 11 is 0. The first-order valence-electron chi connectivity index (χ1n) is 8.92. The monoisotopic (exact) mass is 281 g/mol. The number of hydrogen-bond donors (Lipinski definition) is 1. The lowest BCUT2D eigenvalue weighted by Gasteiger charge is -2.49. The van der Waals surface area contributed by atoms with Crippen molar-refractivity contribution >= 4 is 0 Å². The van der Waals surface area contributed by atoms with Crippen molar-refractivity contribution in [2.75, 3.05) is 13.1 Å². The molecule has 0 aromatic carbocycles. The predicted molar refractivity (Wildman–Crippen MR) is 85.8 cm³/mol. The molecule has 2 fully saturated rings. The van der Waals surface area contributed by atoms with Crippen LogP contribution in [-0.4, -0.2) is 34.7 Å². The van der Waals surface area contributed by atoms with Crippen molar-refractivity contribution in [3.63, 3.8) is 0 Å². The lowest BCUT2D eigenvalue weighted by molar-refractivity contribution is -0.0758. The fourth-order valence-corrected chi connectivity index (χ4v) is 4.41. The average Bonchev–Trinajstić information content (AvgIpc) is 2.49. The molecule has 0 amide bonds. The minimum absolute atomic E-state index is 0.00855. The molecule has 1 aliphatic carbocycles. The number of hydrogen-bond acceptors (Lipinski definition) is 2. The Bertz CT molecular complexity index is 300. The van der Waals surface area contributed by atoms with Crippen molar-refractivity contribution in [1.82, 2.24) is 4.90 Å². The first kappa shape index (κ1) is 16.3. The Morgan fingerprint density at radius 2 is 1.75 bits per heavy atom. The molecular weight excluding hydrogens is 246 g/mol. The standard InChI is InChI=1S/C18H35NO/c1-5-18(4,19-11-7-6-8-12-19)17(20)16-10-9-14(2)15(3)13-16/h14-17,20H,5-13H2,1-4H3. The third-order valence-electron chi connectivity index (χ3n) is 6.52. The minimum Gasteiger partial charge on any atom is -0.391 e. The summed E-state index contributed by atoms with van der Waals surface area (Å²) in [6.07, 6.45) is 8.62. The van der Waals surface area contributed by atoms with Crippen LogP contribution in [-0.2, 0) is 0 Å². The van der Waals surface area contributed by atoms with Gasteiger partial charge in [0.15, 0.2) is 0 Å². The molecule has 0 aromatic rings. The zero-order chi connectivity index (χ0) is 14.8. The quantitative estimate of drug-likeness (QED) is 0.839. The molecule has 1 heterocycles. The number of aliphatic hydroxyl groups is 1. The minimum atomic E-state index is -0.152. The maximum absolute atomic E-state index is 11.1. The van der Waals surface area contributed by atoms with Gasteiger partial charge in [-0.2, -0.15) is 0 Å². The summed E-state index contributed by atoms with van der Waals surface area (Å²) < 4.78 is 0. The molecule has 5 atom stereocenters. The highest BCUT2D eigenvalue weighted by Gasteiger charge is 2.43. The van der Waals surface area contributed by atoms with Gasteiger partial charge in [0.25, 0.3) is 0 Å². The number of rotatable bonds is 4. The molecule has 2 aliphatic rings. The first-order valence-corrected chi connectivity index (χ1v) is 8.92. The van der Waals surface area contributed by atoms with Crippen LogP contribution in [0.15, 0.2) is 0 Å². The largest absolute Gasteiger partial charge is 0.391 e. The fraction of sp³-hybridized carbons (Fsp3) is 1.00. The molecular formula is C18H35NO. The fourth-order valence-electron chi connectivity index (χ4n) is 4.41. The molecule has 0 bridgehead atoms. The molecule has 0 radical (unpaired) electrons. The van der Waals surface area contributed by atoms with E-state index in [4.69, 9.17) is 0 Å². The van der Waals surface area contributed by atoms with E-state index in [0.717, 1.165) is 18.3 Å². The number of piperidine rings is 1. The zero-order valence-electron chi connectivity index (χ0n) is 14.1. The maximum Gasteiger partial charge on any atom is 0.0749 e. The highest BCUT2D eigenvalue weighted by Crippen LogP contribution is 2.40. The van der Waals surface area contributed by atoms with E-state index in [0.29, 0.717) is 5.92 Å². The van der Waals surface area contributed by atoms with Crippen molar-refractivity contribution in [3.8, 4) is 0 Å². The van der Waals surface area contributed by atoms with Gasteiger partial charge < -0.3 is 5.11 Å². The van der Waals surface area contributed by atoms with Crippen LogP contribution in [0.3, 0.4) is 0 Å². The zero-order valence-corrected chi connectivity index (χ0v) is 14.1. The van der Waals surface area contributed by atoms with Gasteiger partial charge in [-0.05, 0) is 69.9 Å². The van der Waals surface area contributed by atoms with Crippen molar-refractivity contribution < 1.29 is 5.11 Å². The van der Waals surface area contributed by atoms with Crippen LogP contribution in [0.1, 0.15) is 72.6 Å². The van der Waals surface area contributed by atoms with Crippen LogP contribution < -0.4 is 0 Å². The van der Waals surface area contributed by atoms with E-state index in [1.54, 1.807) is 0 Å². The first-order chi connectivity index (χ1) is 9.49. The summed E-state index contributed by atoms with van der Waals surface area (Å²) in [7, 11) is 0. The summed E-state index contributed by atoms with van der Waals surface area (Å²) in [5, 5.41) is 11.1. The van der Waals surface area contributed by atoms with E-state index in [9.17, 15) is 5.11 Å². The molecule has 0 aromatic heterocycles. The molecule has 1 N–H and O–H groups in total.